The summed E-state index contributed by atoms with van der Waals surface area (Å²) < 4.78 is 0. The lowest BCUT2D eigenvalue weighted by Gasteiger charge is -2.38. The Balaban J connectivity index is 1.69. The molecule has 1 atom stereocenters. The third kappa shape index (κ3) is 3.99. The topological polar surface area (TPSA) is 47.0 Å². The van der Waals surface area contributed by atoms with E-state index in [0.29, 0.717) is 13.1 Å². The molecule has 0 radical (unpaired) electrons. The zero-order valence-electron chi connectivity index (χ0n) is 15.7. The Kier molecular flexibility index (Phi) is 5.47. The zero-order chi connectivity index (χ0) is 18.7. The van der Waals surface area contributed by atoms with Crippen LogP contribution in [0.15, 0.2) is 48.5 Å². The molecule has 1 fully saturated rings. The Morgan fingerprint density at radius 2 is 1.69 bits per heavy atom. The number of aryl methyl sites for hydroxylation is 1. The van der Waals surface area contributed by atoms with E-state index in [4.69, 9.17) is 0 Å². The van der Waals surface area contributed by atoms with Crippen LogP contribution in [0.25, 0.3) is 0 Å². The largest absolute Gasteiger partial charge is 0.508 e. The van der Waals surface area contributed by atoms with Gasteiger partial charge in [0.15, 0.2) is 0 Å². The number of anilines is 1. The number of amides is 1. The maximum atomic E-state index is 13.1. The molecule has 2 aromatic carbocycles. The molecule has 0 bridgehead atoms. The van der Waals surface area contributed by atoms with Crippen LogP contribution in [0.4, 0.5) is 5.69 Å². The maximum Gasteiger partial charge on any atom is 0.244 e. The Bertz CT molecular complexity index is 750. The highest BCUT2D eigenvalue weighted by molar-refractivity contribution is 5.83. The lowest BCUT2D eigenvalue weighted by atomic mass is 10.0. The molecule has 2 aromatic rings. The van der Waals surface area contributed by atoms with Crippen LogP contribution in [-0.4, -0.2) is 61.1 Å². The van der Waals surface area contributed by atoms with E-state index in [1.165, 1.54) is 5.56 Å². The molecule has 1 N–H and O–H groups in total. The summed E-state index contributed by atoms with van der Waals surface area (Å²) in [6, 6.07) is 15.2. The number of benzene rings is 2. The first-order chi connectivity index (χ1) is 12.5. The molecule has 1 aliphatic rings. The second-order valence-corrected chi connectivity index (χ2v) is 7.11. The van der Waals surface area contributed by atoms with E-state index >= 15 is 0 Å². The Morgan fingerprint density at radius 1 is 1.04 bits per heavy atom. The van der Waals surface area contributed by atoms with Crippen molar-refractivity contribution in [2.45, 2.75) is 13.0 Å². The highest BCUT2D eigenvalue weighted by Gasteiger charge is 2.30. The minimum absolute atomic E-state index is 0.148. The van der Waals surface area contributed by atoms with Crippen LogP contribution >= 0.6 is 0 Å². The maximum absolute atomic E-state index is 13.1. The van der Waals surface area contributed by atoms with Crippen LogP contribution in [0.3, 0.4) is 0 Å². The summed E-state index contributed by atoms with van der Waals surface area (Å²) >= 11 is 0. The van der Waals surface area contributed by atoms with Gasteiger partial charge in [0.25, 0.3) is 0 Å². The van der Waals surface area contributed by atoms with Gasteiger partial charge in [-0.1, -0.05) is 35.9 Å². The molecule has 1 aliphatic heterocycles. The molecule has 1 unspecified atom stereocenters. The number of carbonyl (C=O) groups is 1. The molecular weight excluding hydrogens is 326 g/mol. The molecule has 5 nitrogen and oxygen atoms in total. The summed E-state index contributed by atoms with van der Waals surface area (Å²) in [5.41, 5.74) is 3.22. The van der Waals surface area contributed by atoms with E-state index in [0.717, 1.165) is 24.3 Å². The molecule has 1 amide bonds. The summed E-state index contributed by atoms with van der Waals surface area (Å²) in [5.74, 6) is 0.419. The number of hydrogen-bond acceptors (Lipinski definition) is 4. The van der Waals surface area contributed by atoms with Gasteiger partial charge in [0.2, 0.25) is 5.91 Å². The summed E-state index contributed by atoms with van der Waals surface area (Å²) in [5, 5.41) is 9.67. The second kappa shape index (κ2) is 7.79. The first-order valence-electron chi connectivity index (χ1n) is 9.01. The Labute approximate surface area is 155 Å². The van der Waals surface area contributed by atoms with Gasteiger partial charge in [0, 0.05) is 37.9 Å². The van der Waals surface area contributed by atoms with Crippen LogP contribution in [0.1, 0.15) is 17.2 Å². The standard InChI is InChI=1S/C21H27N3O2/c1-16-7-9-17(10-8-16)20(22(2)3)21(26)24-13-11-23(12-14-24)18-5-4-6-19(25)15-18/h4-10,15,20,25H,11-14H2,1-3H3. The van der Waals surface area contributed by atoms with Crippen LogP contribution in [0.5, 0.6) is 5.75 Å². The Hall–Kier alpha value is -2.53. The molecule has 26 heavy (non-hydrogen) atoms. The van der Waals surface area contributed by atoms with Gasteiger partial charge in [-0.2, -0.15) is 0 Å². The lowest BCUT2D eigenvalue weighted by molar-refractivity contribution is -0.136. The zero-order valence-corrected chi connectivity index (χ0v) is 15.7. The highest BCUT2D eigenvalue weighted by Crippen LogP contribution is 2.25. The van der Waals surface area contributed by atoms with Crippen molar-refractivity contribution in [2.24, 2.45) is 0 Å². The fourth-order valence-electron chi connectivity index (χ4n) is 3.46. The quantitative estimate of drug-likeness (QED) is 0.918. The van der Waals surface area contributed by atoms with Crippen molar-refractivity contribution in [3.05, 3.63) is 59.7 Å². The molecule has 1 heterocycles. The first kappa shape index (κ1) is 18.3. The van der Waals surface area contributed by atoms with Gasteiger partial charge in [-0.05, 0) is 38.7 Å². The third-order valence-corrected chi connectivity index (χ3v) is 4.93. The molecule has 0 aromatic heterocycles. The van der Waals surface area contributed by atoms with Crippen molar-refractivity contribution in [1.82, 2.24) is 9.80 Å². The number of likely N-dealkylation sites (N-methyl/N-ethyl adjacent to an activating group) is 1. The van der Waals surface area contributed by atoms with Crippen LogP contribution in [0, 0.1) is 6.92 Å². The number of piperazine rings is 1. The van der Waals surface area contributed by atoms with Crippen LogP contribution < -0.4 is 4.90 Å². The van der Waals surface area contributed by atoms with E-state index in [-0.39, 0.29) is 17.7 Å². The fourth-order valence-corrected chi connectivity index (χ4v) is 3.46. The highest BCUT2D eigenvalue weighted by atomic mass is 16.3. The first-order valence-corrected chi connectivity index (χ1v) is 9.01. The monoisotopic (exact) mass is 353 g/mol. The molecule has 3 rings (SSSR count). The third-order valence-electron chi connectivity index (χ3n) is 4.93. The molecular formula is C21H27N3O2. The summed E-state index contributed by atoms with van der Waals surface area (Å²) in [6.45, 7) is 4.96. The SMILES string of the molecule is Cc1ccc(C(C(=O)N2CCN(c3cccc(O)c3)CC2)N(C)C)cc1. The van der Waals surface area contributed by atoms with Gasteiger partial charge in [0.05, 0.1) is 0 Å². The number of phenolic OH excluding ortho intramolecular Hbond substituents is 1. The number of hydrogen-bond donors (Lipinski definition) is 1. The van der Waals surface area contributed by atoms with Crippen molar-refractivity contribution in [3.63, 3.8) is 0 Å². The van der Waals surface area contributed by atoms with Crippen molar-refractivity contribution in [2.75, 3.05) is 45.2 Å². The normalized spacial score (nSPS) is 16.0. The average molecular weight is 353 g/mol. The van der Waals surface area contributed by atoms with Crippen molar-refractivity contribution >= 4 is 11.6 Å². The molecule has 138 valence electrons. The summed E-state index contributed by atoms with van der Waals surface area (Å²) in [4.78, 5) is 19.3. The number of carbonyl (C=O) groups excluding carboxylic acids is 1. The fraction of sp³-hybridized carbons (Fsp3) is 0.381. The van der Waals surface area contributed by atoms with Gasteiger partial charge in [0.1, 0.15) is 11.8 Å². The Morgan fingerprint density at radius 3 is 2.27 bits per heavy atom. The van der Waals surface area contributed by atoms with Gasteiger partial charge in [-0.25, -0.2) is 0 Å². The van der Waals surface area contributed by atoms with Crippen molar-refractivity contribution in [3.8, 4) is 5.75 Å². The van der Waals surface area contributed by atoms with Gasteiger partial charge in [-0.15, -0.1) is 0 Å². The van der Waals surface area contributed by atoms with E-state index in [9.17, 15) is 9.90 Å². The van der Waals surface area contributed by atoms with Gasteiger partial charge < -0.3 is 14.9 Å². The van der Waals surface area contributed by atoms with E-state index in [1.54, 1.807) is 12.1 Å². The number of phenols is 1. The average Bonchev–Trinajstić information content (AvgIpc) is 2.63. The molecule has 0 aliphatic carbocycles. The summed E-state index contributed by atoms with van der Waals surface area (Å²) in [7, 11) is 3.90. The lowest BCUT2D eigenvalue weighted by Crippen LogP contribution is -2.51. The van der Waals surface area contributed by atoms with E-state index in [2.05, 4.69) is 24.0 Å². The number of rotatable bonds is 4. The molecule has 0 spiro atoms. The molecule has 1 saturated heterocycles. The van der Waals surface area contributed by atoms with Gasteiger partial charge in [-0.3, -0.25) is 9.69 Å². The molecule has 0 saturated carbocycles. The summed E-state index contributed by atoms with van der Waals surface area (Å²) in [6.07, 6.45) is 0. The smallest absolute Gasteiger partial charge is 0.244 e. The molecule has 5 heteroatoms. The van der Waals surface area contributed by atoms with Crippen LogP contribution in [-0.2, 0) is 4.79 Å². The minimum Gasteiger partial charge on any atom is -0.508 e. The van der Waals surface area contributed by atoms with Crippen molar-refractivity contribution < 1.29 is 9.90 Å². The minimum atomic E-state index is -0.261. The van der Waals surface area contributed by atoms with E-state index < -0.39 is 0 Å². The predicted molar refractivity (Wildman–Crippen MR) is 105 cm³/mol. The number of aromatic hydroxyl groups is 1. The van der Waals surface area contributed by atoms with Crippen LogP contribution in [0.2, 0.25) is 0 Å². The second-order valence-electron chi connectivity index (χ2n) is 7.11. The van der Waals surface area contributed by atoms with Gasteiger partial charge >= 0.3 is 0 Å². The van der Waals surface area contributed by atoms with E-state index in [1.807, 2.05) is 48.2 Å². The predicted octanol–water partition coefficient (Wildman–Crippen LogP) is 2.65. The van der Waals surface area contributed by atoms with Crippen molar-refractivity contribution in [1.29, 1.82) is 0 Å². The number of nitrogens with zero attached hydrogens (tertiary/aromatic N) is 3.